The highest BCUT2D eigenvalue weighted by atomic mass is 79.9. The molecule has 37 heavy (non-hydrogen) atoms. The molecule has 0 saturated heterocycles. The Balaban J connectivity index is 1.66. The van der Waals surface area contributed by atoms with E-state index in [9.17, 15) is 9.59 Å². The number of thiocarbonyl (C=S) groups is 1. The van der Waals surface area contributed by atoms with Gasteiger partial charge in [-0.25, -0.2) is 5.43 Å². The summed E-state index contributed by atoms with van der Waals surface area (Å²) >= 11 is 20.8. The van der Waals surface area contributed by atoms with E-state index >= 15 is 0 Å². The number of benzene rings is 3. The average Bonchev–Trinajstić information content (AvgIpc) is 2.87. The van der Waals surface area contributed by atoms with Gasteiger partial charge in [-0.2, -0.15) is 0 Å². The Labute approximate surface area is 256 Å². The van der Waals surface area contributed by atoms with Gasteiger partial charge in [0.25, 0.3) is 11.5 Å². The zero-order valence-electron chi connectivity index (χ0n) is 19.4. The maximum absolute atomic E-state index is 13.5. The van der Waals surface area contributed by atoms with E-state index in [1.807, 2.05) is 62.4 Å². The number of nitrogens with one attached hydrogen (secondary N) is 2. The van der Waals surface area contributed by atoms with Crippen molar-refractivity contribution in [2.24, 2.45) is 0 Å². The predicted molar refractivity (Wildman–Crippen MR) is 171 cm³/mol. The summed E-state index contributed by atoms with van der Waals surface area (Å²) in [6, 6.07) is 15.6. The molecular weight excluding hydrogens is 772 g/mol. The molecule has 0 radical (unpaired) electrons. The normalized spacial score (nSPS) is 11.0. The molecule has 0 bridgehead atoms. The van der Waals surface area contributed by atoms with Crippen molar-refractivity contribution in [1.82, 2.24) is 9.89 Å². The summed E-state index contributed by atoms with van der Waals surface area (Å²) < 4.78 is 3.04. The van der Waals surface area contributed by atoms with E-state index in [1.54, 1.807) is 0 Å². The van der Waals surface area contributed by atoms with Gasteiger partial charge in [-0.05, 0) is 89.7 Å². The van der Waals surface area contributed by atoms with Gasteiger partial charge in [0.15, 0.2) is 0 Å². The molecule has 6 nitrogen and oxygen atoms in total. The van der Waals surface area contributed by atoms with Crippen molar-refractivity contribution < 1.29 is 4.79 Å². The summed E-state index contributed by atoms with van der Waals surface area (Å²) in [7, 11) is 0. The number of hydrogen-bond donors (Lipinski definition) is 2. The fourth-order valence-electron chi connectivity index (χ4n) is 3.42. The van der Waals surface area contributed by atoms with Crippen molar-refractivity contribution in [1.29, 1.82) is 0 Å². The highest BCUT2D eigenvalue weighted by Crippen LogP contribution is 2.44. The predicted octanol–water partition coefficient (Wildman–Crippen LogP) is 7.93. The van der Waals surface area contributed by atoms with E-state index in [4.69, 9.17) is 12.2 Å². The molecule has 1 amide bonds. The van der Waals surface area contributed by atoms with E-state index in [0.29, 0.717) is 34.2 Å². The van der Waals surface area contributed by atoms with Gasteiger partial charge in [0.2, 0.25) is 0 Å². The Morgan fingerprint density at radius 3 is 2.03 bits per heavy atom. The molecule has 0 atom stereocenters. The molecule has 4 rings (SSSR count). The number of amides is 1. The maximum atomic E-state index is 13.5. The molecule has 0 aliphatic carbocycles. The van der Waals surface area contributed by atoms with Crippen LogP contribution in [0.25, 0.3) is 22.0 Å². The maximum Gasteiger partial charge on any atom is 0.295 e. The first-order valence-electron chi connectivity index (χ1n) is 10.7. The first-order chi connectivity index (χ1) is 17.6. The molecule has 12 heteroatoms. The molecule has 4 aromatic rings. The lowest BCUT2D eigenvalue weighted by Crippen LogP contribution is -2.37. The minimum Gasteiger partial charge on any atom is -0.341 e. The van der Waals surface area contributed by atoms with Gasteiger partial charge >= 0.3 is 0 Å². The van der Waals surface area contributed by atoms with Crippen molar-refractivity contribution >= 4 is 114 Å². The largest absolute Gasteiger partial charge is 0.341 e. The minimum atomic E-state index is -0.481. The van der Waals surface area contributed by atoms with Gasteiger partial charge in [-0.1, -0.05) is 71.5 Å². The number of anilines is 1. The van der Waals surface area contributed by atoms with Crippen LogP contribution in [-0.2, 0) is 4.79 Å². The third-order valence-electron chi connectivity index (χ3n) is 5.30. The monoisotopic (exact) mass is 786 g/mol. The summed E-state index contributed by atoms with van der Waals surface area (Å²) in [5, 5.41) is 8.61. The van der Waals surface area contributed by atoms with Crippen LogP contribution >= 0.6 is 87.7 Å². The van der Waals surface area contributed by atoms with Crippen molar-refractivity contribution in [2.75, 3.05) is 16.5 Å². The van der Waals surface area contributed by atoms with E-state index in [1.165, 1.54) is 0 Å². The first-order valence-corrected chi connectivity index (χ1v) is 15.3. The number of nitrogens with zero attached hydrogens (tertiary/aromatic N) is 2. The summed E-state index contributed by atoms with van der Waals surface area (Å²) in [5.41, 5.74) is 6.52. The quantitative estimate of drug-likeness (QED) is 0.122. The third kappa shape index (κ3) is 6.36. The Morgan fingerprint density at radius 2 is 1.43 bits per heavy atom. The second kappa shape index (κ2) is 12.1. The highest BCUT2D eigenvalue weighted by Gasteiger charge is 2.23. The summed E-state index contributed by atoms with van der Waals surface area (Å²) in [5.74, 6) is -0.424. The Morgan fingerprint density at radius 1 is 0.892 bits per heavy atom. The highest BCUT2D eigenvalue weighted by molar-refractivity contribution is 9.15. The zero-order chi connectivity index (χ0) is 26.9. The molecule has 0 unspecified atom stereocenters. The van der Waals surface area contributed by atoms with Crippen molar-refractivity contribution in [3.05, 3.63) is 87.9 Å². The van der Waals surface area contributed by atoms with Crippen LogP contribution in [0.15, 0.2) is 71.2 Å². The van der Waals surface area contributed by atoms with Crippen molar-refractivity contribution in [2.45, 2.75) is 13.8 Å². The van der Waals surface area contributed by atoms with E-state index < -0.39 is 11.5 Å². The Hall–Kier alpha value is -1.57. The number of carbonyl (C=O) groups excluding carboxylic acids is 1. The summed E-state index contributed by atoms with van der Waals surface area (Å²) in [6.07, 6.45) is 0. The van der Waals surface area contributed by atoms with Crippen LogP contribution in [0.5, 0.6) is 0 Å². The number of hydrogen-bond acceptors (Lipinski definition) is 5. The summed E-state index contributed by atoms with van der Waals surface area (Å²) in [4.78, 5) is 27.3. The van der Waals surface area contributed by atoms with Crippen LogP contribution in [0.1, 0.15) is 11.1 Å². The number of fused-ring (bicyclic) bond motifs is 1. The minimum absolute atomic E-state index is 0.00138. The van der Waals surface area contributed by atoms with E-state index in [2.05, 4.69) is 79.6 Å². The van der Waals surface area contributed by atoms with E-state index in [-0.39, 0.29) is 5.75 Å². The number of aryl methyl sites for hydroxylation is 2. The molecule has 1 aromatic heterocycles. The lowest BCUT2D eigenvalue weighted by atomic mass is 10.0. The lowest BCUT2D eigenvalue weighted by Gasteiger charge is -2.16. The van der Waals surface area contributed by atoms with E-state index in [0.717, 1.165) is 43.4 Å². The van der Waals surface area contributed by atoms with Crippen molar-refractivity contribution in [3.63, 3.8) is 0 Å². The van der Waals surface area contributed by atoms with Crippen LogP contribution in [0, 0.1) is 13.8 Å². The zero-order valence-corrected chi connectivity index (χ0v) is 27.3. The smallest absolute Gasteiger partial charge is 0.295 e. The van der Waals surface area contributed by atoms with Gasteiger partial charge in [0, 0.05) is 34.5 Å². The molecule has 0 aliphatic rings. The first kappa shape index (κ1) is 28.4. The van der Waals surface area contributed by atoms with Crippen LogP contribution in [0.2, 0.25) is 0 Å². The molecule has 0 fully saturated rings. The third-order valence-corrected chi connectivity index (χ3v) is 11.3. The van der Waals surface area contributed by atoms with Gasteiger partial charge in [-0.15, -0.1) is 9.89 Å². The van der Waals surface area contributed by atoms with Crippen LogP contribution < -0.4 is 16.3 Å². The standard InChI is InChI=1S/C25H18Br4N4O2S2/c1-12-3-7-14(8-4-12)23-17-18(20(27)22(29)21(28)19(17)26)24(35)33(32-23)31-16(34)11-37-25(36)30-15-9-5-13(2)6-10-15/h3-10H,11H2,1-2H3,(H,30,36)(H,31,34). The number of halogens is 4. The second-order valence-electron chi connectivity index (χ2n) is 8.04. The van der Waals surface area contributed by atoms with Gasteiger partial charge in [0.1, 0.15) is 10.0 Å². The van der Waals surface area contributed by atoms with Crippen molar-refractivity contribution in [3.8, 4) is 11.3 Å². The van der Waals surface area contributed by atoms with Crippen LogP contribution in [-0.4, -0.2) is 25.9 Å². The van der Waals surface area contributed by atoms with Crippen LogP contribution in [0.3, 0.4) is 0 Å². The lowest BCUT2D eigenvalue weighted by molar-refractivity contribution is -0.114. The van der Waals surface area contributed by atoms with Gasteiger partial charge in [0.05, 0.1) is 11.1 Å². The Kier molecular flexibility index (Phi) is 9.29. The Bertz CT molecular complexity index is 1590. The fourth-order valence-corrected chi connectivity index (χ4v) is 6.70. The molecular formula is C25H18Br4N4O2S2. The molecule has 0 aliphatic heterocycles. The number of thioether (sulfide) groups is 1. The van der Waals surface area contributed by atoms with Gasteiger partial charge in [-0.3, -0.25) is 9.59 Å². The second-order valence-corrected chi connectivity index (χ2v) is 12.9. The molecule has 0 saturated carbocycles. The SMILES string of the molecule is Cc1ccc(NC(=S)SCC(=O)Nn2nc(-c3ccc(C)cc3)c3c(Br)c(Br)c(Br)c(Br)c3c2=O)cc1. The number of aromatic nitrogens is 2. The number of carbonyl (C=O) groups is 1. The molecule has 190 valence electrons. The topological polar surface area (TPSA) is 76.0 Å². The summed E-state index contributed by atoms with van der Waals surface area (Å²) in [6.45, 7) is 4.00. The fraction of sp³-hybridized carbons (Fsp3) is 0.120. The van der Waals surface area contributed by atoms with Crippen LogP contribution in [0.4, 0.5) is 5.69 Å². The molecule has 3 aromatic carbocycles. The van der Waals surface area contributed by atoms with Gasteiger partial charge < -0.3 is 5.32 Å². The average molecular weight is 790 g/mol. The number of rotatable bonds is 5. The molecule has 2 N–H and O–H groups in total. The molecule has 0 spiro atoms. The molecule has 1 heterocycles.